The molecule has 0 fully saturated rings. The summed E-state index contributed by atoms with van der Waals surface area (Å²) in [5, 5.41) is 1.82. The van der Waals surface area contributed by atoms with Gasteiger partial charge in [0.1, 0.15) is 11.8 Å². The highest BCUT2D eigenvalue weighted by atomic mass is 79.9. The van der Waals surface area contributed by atoms with Crippen molar-refractivity contribution in [2.75, 3.05) is 13.7 Å². The normalized spacial score (nSPS) is 14.6. The zero-order chi connectivity index (χ0) is 33.5. The lowest BCUT2D eigenvalue weighted by molar-refractivity contribution is -0.138. The molecule has 1 aliphatic rings. The maximum atomic E-state index is 14.7. The van der Waals surface area contributed by atoms with Crippen LogP contribution in [0.3, 0.4) is 0 Å². The Morgan fingerprint density at radius 1 is 0.979 bits per heavy atom. The molecule has 9 heteroatoms. The number of nitrogens with zero attached hydrogens (tertiary/aromatic N) is 3. The molecular formula is C39H32BrN3O4S. The fraction of sp³-hybridized carbons (Fsp3) is 0.154. The predicted molar refractivity (Wildman–Crippen MR) is 195 cm³/mol. The zero-order valence-corrected chi connectivity index (χ0v) is 29.3. The molecule has 0 bridgehead atoms. The van der Waals surface area contributed by atoms with Crippen LogP contribution in [0.2, 0.25) is 0 Å². The Morgan fingerprint density at radius 3 is 2.44 bits per heavy atom. The minimum Gasteiger partial charge on any atom is -0.496 e. The van der Waals surface area contributed by atoms with Crippen molar-refractivity contribution in [1.82, 2.24) is 9.13 Å². The predicted octanol–water partition coefficient (Wildman–Crippen LogP) is 7.27. The summed E-state index contributed by atoms with van der Waals surface area (Å²) >= 11 is 4.83. The van der Waals surface area contributed by atoms with Gasteiger partial charge in [-0.1, -0.05) is 87.9 Å². The second-order valence-corrected chi connectivity index (χ2v) is 13.4. The highest BCUT2D eigenvalue weighted by Gasteiger charge is 2.37. The van der Waals surface area contributed by atoms with Crippen LogP contribution in [-0.4, -0.2) is 28.8 Å². The Morgan fingerprint density at radius 2 is 1.71 bits per heavy atom. The fourth-order valence-electron chi connectivity index (χ4n) is 6.51. The van der Waals surface area contributed by atoms with Gasteiger partial charge < -0.3 is 14.0 Å². The summed E-state index contributed by atoms with van der Waals surface area (Å²) in [5.41, 5.74) is 5.95. The van der Waals surface area contributed by atoms with Crippen molar-refractivity contribution in [2.24, 2.45) is 4.99 Å². The average molecular weight is 719 g/mol. The highest BCUT2D eigenvalue weighted by molar-refractivity contribution is 9.10. The number of rotatable bonds is 7. The van der Waals surface area contributed by atoms with Crippen LogP contribution in [0.15, 0.2) is 117 Å². The van der Waals surface area contributed by atoms with Gasteiger partial charge in [-0.05, 0) is 79.6 Å². The minimum absolute atomic E-state index is 0.169. The number of hydrogen-bond donors (Lipinski definition) is 0. The maximum absolute atomic E-state index is 14.7. The molecule has 1 unspecified atom stereocenters. The van der Waals surface area contributed by atoms with Gasteiger partial charge in [-0.2, -0.15) is 0 Å². The largest absolute Gasteiger partial charge is 0.496 e. The molecule has 0 saturated heterocycles. The van der Waals surface area contributed by atoms with Crippen molar-refractivity contribution in [2.45, 2.75) is 26.8 Å². The molecule has 0 radical (unpaired) electrons. The van der Waals surface area contributed by atoms with Gasteiger partial charge in [0.2, 0.25) is 0 Å². The summed E-state index contributed by atoms with van der Waals surface area (Å²) in [7, 11) is 1.60. The van der Waals surface area contributed by atoms with E-state index in [0.29, 0.717) is 26.3 Å². The van der Waals surface area contributed by atoms with E-state index in [9.17, 15) is 9.59 Å². The summed E-state index contributed by atoms with van der Waals surface area (Å²) in [4.78, 5) is 34.2. The molecule has 7 rings (SSSR count). The first-order valence-electron chi connectivity index (χ1n) is 15.6. The number of hydrogen-bond acceptors (Lipinski definition) is 6. The summed E-state index contributed by atoms with van der Waals surface area (Å²) in [6.45, 7) is 6.04. The molecule has 0 spiro atoms. The van der Waals surface area contributed by atoms with Gasteiger partial charge in [-0.15, -0.1) is 0 Å². The van der Waals surface area contributed by atoms with Gasteiger partial charge in [0.05, 0.1) is 29.5 Å². The van der Waals surface area contributed by atoms with E-state index in [1.54, 1.807) is 18.6 Å². The maximum Gasteiger partial charge on any atom is 0.338 e. The molecular weight excluding hydrogens is 686 g/mol. The summed E-state index contributed by atoms with van der Waals surface area (Å²) in [6, 6.07) is 30.7. The molecule has 0 N–H and O–H groups in total. The number of methoxy groups -OCH3 is 1. The Balaban J connectivity index is 1.54. The second kappa shape index (κ2) is 12.9. The van der Waals surface area contributed by atoms with E-state index in [1.807, 2.05) is 91.9 Å². The molecule has 7 nitrogen and oxygen atoms in total. The third-order valence-electron chi connectivity index (χ3n) is 8.64. The number of halogens is 1. The van der Waals surface area contributed by atoms with Crippen LogP contribution in [0.1, 0.15) is 41.0 Å². The van der Waals surface area contributed by atoms with E-state index in [0.717, 1.165) is 43.4 Å². The van der Waals surface area contributed by atoms with Crippen molar-refractivity contribution >= 4 is 55.8 Å². The topological polar surface area (TPSA) is 74.8 Å². The van der Waals surface area contributed by atoms with Gasteiger partial charge in [-0.25, -0.2) is 9.79 Å². The molecule has 2 aromatic heterocycles. The molecule has 1 atom stereocenters. The molecule has 0 amide bonds. The number of ether oxygens (including phenoxy) is 2. The second-order valence-electron chi connectivity index (χ2n) is 11.5. The van der Waals surface area contributed by atoms with Crippen molar-refractivity contribution < 1.29 is 14.3 Å². The van der Waals surface area contributed by atoms with Crippen LogP contribution in [0.4, 0.5) is 0 Å². The Hall–Kier alpha value is -4.99. The quantitative estimate of drug-likeness (QED) is 0.163. The standard InChI is InChI=1S/C39H32BrN3O4S/c1-5-47-38(45)34-35(26-12-7-6-8-13-26)41-39-43(36(34)33-30-14-10-9-11-25(30)15-20-31(33)46-4)37(44)32(48-39)22-27-21-23(2)42(24(27)3)29-18-16-28(40)17-19-29/h6-22,36H,5H2,1-4H3/b32-22+. The lowest BCUT2D eigenvalue weighted by atomic mass is 9.89. The monoisotopic (exact) mass is 717 g/mol. The highest BCUT2D eigenvalue weighted by Crippen LogP contribution is 2.42. The minimum atomic E-state index is -0.867. The van der Waals surface area contributed by atoms with E-state index in [-0.39, 0.29) is 17.7 Å². The molecule has 0 saturated carbocycles. The molecule has 48 heavy (non-hydrogen) atoms. The number of thiazole rings is 1. The molecule has 3 heterocycles. The van der Waals surface area contributed by atoms with Crippen LogP contribution < -0.4 is 19.6 Å². The zero-order valence-electron chi connectivity index (χ0n) is 26.9. The summed E-state index contributed by atoms with van der Waals surface area (Å²) in [5.74, 6) is 0.0230. The van der Waals surface area contributed by atoms with Crippen LogP contribution in [0.25, 0.3) is 28.2 Å². The number of esters is 1. The lowest BCUT2D eigenvalue weighted by Crippen LogP contribution is -2.40. The third-order valence-corrected chi connectivity index (χ3v) is 10.2. The number of aryl methyl sites for hydroxylation is 1. The van der Waals surface area contributed by atoms with Crippen LogP contribution in [-0.2, 0) is 9.53 Å². The van der Waals surface area contributed by atoms with Gasteiger partial charge in [-0.3, -0.25) is 9.36 Å². The summed E-state index contributed by atoms with van der Waals surface area (Å²) in [6.07, 6.45) is 1.93. The molecule has 0 aliphatic carbocycles. The van der Waals surface area contributed by atoms with Gasteiger partial charge in [0.15, 0.2) is 4.80 Å². The molecule has 4 aromatic carbocycles. The molecule has 6 aromatic rings. The lowest BCUT2D eigenvalue weighted by Gasteiger charge is -2.28. The van der Waals surface area contributed by atoms with Crippen molar-refractivity contribution in [1.29, 1.82) is 0 Å². The smallest absolute Gasteiger partial charge is 0.338 e. The van der Waals surface area contributed by atoms with E-state index >= 15 is 0 Å². The number of fused-ring (bicyclic) bond motifs is 2. The van der Waals surface area contributed by atoms with Crippen LogP contribution in [0, 0.1) is 13.8 Å². The number of carbonyl (C=O) groups is 1. The van der Waals surface area contributed by atoms with Crippen LogP contribution >= 0.6 is 27.3 Å². The number of carbonyl (C=O) groups excluding carboxylic acids is 1. The first-order chi connectivity index (χ1) is 23.3. The van der Waals surface area contributed by atoms with Crippen molar-refractivity contribution in [3.63, 3.8) is 0 Å². The van der Waals surface area contributed by atoms with Crippen LogP contribution in [0.5, 0.6) is 5.75 Å². The molecule has 1 aliphatic heterocycles. The first-order valence-corrected chi connectivity index (χ1v) is 17.2. The van der Waals surface area contributed by atoms with E-state index in [1.165, 1.54) is 11.3 Å². The van der Waals surface area contributed by atoms with Gasteiger partial charge in [0.25, 0.3) is 5.56 Å². The van der Waals surface area contributed by atoms with Gasteiger partial charge in [0, 0.05) is 32.7 Å². The number of benzene rings is 4. The number of aromatic nitrogens is 2. The first kappa shape index (κ1) is 31.6. The summed E-state index contributed by atoms with van der Waals surface area (Å²) < 4.78 is 16.9. The average Bonchev–Trinajstić information content (AvgIpc) is 3.57. The molecule has 240 valence electrons. The Labute approximate surface area is 289 Å². The Kier molecular flexibility index (Phi) is 8.49. The van der Waals surface area contributed by atoms with Crippen molar-refractivity contribution in [3.05, 3.63) is 155 Å². The Bertz CT molecular complexity index is 2420. The van der Waals surface area contributed by atoms with Crippen molar-refractivity contribution in [3.8, 4) is 11.4 Å². The van der Waals surface area contributed by atoms with E-state index < -0.39 is 12.0 Å². The van der Waals surface area contributed by atoms with E-state index in [4.69, 9.17) is 14.5 Å². The SMILES string of the molecule is CCOC(=O)C1=C(c2ccccc2)N=c2s/c(=C/c3cc(C)n(-c4ccc(Br)cc4)c3C)c(=O)n2C1c1c(OC)ccc2ccccc12. The fourth-order valence-corrected chi connectivity index (χ4v) is 7.77. The van der Waals surface area contributed by atoms with E-state index in [2.05, 4.69) is 45.6 Å². The van der Waals surface area contributed by atoms with Gasteiger partial charge >= 0.3 is 5.97 Å². The third kappa shape index (κ3) is 5.42.